The molecule has 0 saturated heterocycles. The second-order valence-electron chi connectivity index (χ2n) is 4.50. The molecular formula is C13H11N7S. The fourth-order valence-electron chi connectivity index (χ4n) is 2.25. The van der Waals surface area contributed by atoms with Crippen LogP contribution in [-0.4, -0.2) is 43.2 Å². The van der Waals surface area contributed by atoms with E-state index in [0.29, 0.717) is 5.78 Å². The van der Waals surface area contributed by atoms with Crippen molar-refractivity contribution in [3.63, 3.8) is 0 Å². The van der Waals surface area contributed by atoms with E-state index in [1.165, 1.54) is 11.8 Å². The van der Waals surface area contributed by atoms with Crippen LogP contribution in [0.15, 0.2) is 45.8 Å². The molecule has 0 radical (unpaired) electrons. The van der Waals surface area contributed by atoms with E-state index in [1.54, 1.807) is 15.5 Å². The topological polar surface area (TPSA) is 72.7 Å². The highest BCUT2D eigenvalue weighted by atomic mass is 32.2. The molecule has 0 N–H and O–H groups in total. The molecule has 0 amide bonds. The van der Waals surface area contributed by atoms with Gasteiger partial charge in [-0.05, 0) is 17.9 Å². The van der Waals surface area contributed by atoms with Crippen molar-refractivity contribution < 1.29 is 0 Å². The van der Waals surface area contributed by atoms with E-state index in [0.717, 1.165) is 16.4 Å². The SMILES string of the molecule is CSc1nnc2n(N=CC3C=Nc4ccccc43)cnn12. The zero-order valence-electron chi connectivity index (χ0n) is 11.2. The number of benzene rings is 1. The minimum Gasteiger partial charge on any atom is -0.260 e. The molecule has 1 unspecified atom stereocenters. The molecule has 0 spiro atoms. The van der Waals surface area contributed by atoms with Crippen molar-refractivity contribution in [1.82, 2.24) is 24.5 Å². The molecule has 104 valence electrons. The third-order valence-corrected chi connectivity index (χ3v) is 3.90. The normalized spacial score (nSPS) is 17.1. The van der Waals surface area contributed by atoms with Crippen LogP contribution >= 0.6 is 11.8 Å². The molecule has 8 heteroatoms. The lowest BCUT2D eigenvalue weighted by Gasteiger charge is -2.01. The van der Waals surface area contributed by atoms with E-state index >= 15 is 0 Å². The number of rotatable bonds is 3. The van der Waals surface area contributed by atoms with Gasteiger partial charge >= 0.3 is 0 Å². The number of aliphatic imine (C=N–C) groups is 1. The summed E-state index contributed by atoms with van der Waals surface area (Å²) in [5, 5.41) is 17.5. The van der Waals surface area contributed by atoms with E-state index in [2.05, 4.69) is 31.5 Å². The summed E-state index contributed by atoms with van der Waals surface area (Å²) in [5.41, 5.74) is 2.15. The first kappa shape index (κ1) is 12.3. The Labute approximate surface area is 124 Å². The minimum atomic E-state index is 0.0755. The fourth-order valence-corrected chi connectivity index (χ4v) is 2.68. The van der Waals surface area contributed by atoms with E-state index in [1.807, 2.05) is 36.9 Å². The molecular weight excluding hydrogens is 286 g/mol. The Hall–Kier alpha value is -2.48. The van der Waals surface area contributed by atoms with Crippen molar-refractivity contribution in [2.45, 2.75) is 11.1 Å². The quantitative estimate of drug-likeness (QED) is 0.547. The lowest BCUT2D eigenvalue weighted by molar-refractivity contribution is 0.817. The van der Waals surface area contributed by atoms with Crippen molar-refractivity contribution in [1.29, 1.82) is 0 Å². The maximum absolute atomic E-state index is 4.43. The molecule has 1 aromatic carbocycles. The Bertz CT molecular complexity index is 860. The summed E-state index contributed by atoms with van der Waals surface area (Å²) in [6.07, 6.45) is 7.28. The lowest BCUT2D eigenvalue weighted by atomic mass is 10.0. The van der Waals surface area contributed by atoms with Crippen LogP contribution in [0, 0.1) is 0 Å². The average Bonchev–Trinajstić information content (AvgIpc) is 3.20. The van der Waals surface area contributed by atoms with Gasteiger partial charge < -0.3 is 0 Å². The van der Waals surface area contributed by atoms with Gasteiger partial charge in [0, 0.05) is 12.4 Å². The second kappa shape index (κ2) is 4.81. The van der Waals surface area contributed by atoms with Crippen molar-refractivity contribution in [2.24, 2.45) is 10.1 Å². The van der Waals surface area contributed by atoms with Gasteiger partial charge in [-0.25, -0.2) is 0 Å². The maximum atomic E-state index is 4.43. The van der Waals surface area contributed by atoms with Gasteiger partial charge in [-0.1, -0.05) is 30.0 Å². The van der Waals surface area contributed by atoms with Gasteiger partial charge in [-0.2, -0.15) is 19.4 Å². The summed E-state index contributed by atoms with van der Waals surface area (Å²) >= 11 is 1.49. The average molecular weight is 297 g/mol. The zero-order chi connectivity index (χ0) is 14.2. The van der Waals surface area contributed by atoms with E-state index < -0.39 is 0 Å². The first-order valence-electron chi connectivity index (χ1n) is 6.37. The van der Waals surface area contributed by atoms with Crippen LogP contribution in [0.5, 0.6) is 0 Å². The molecule has 0 saturated carbocycles. The van der Waals surface area contributed by atoms with Crippen LogP contribution in [0.4, 0.5) is 5.69 Å². The van der Waals surface area contributed by atoms with Gasteiger partial charge in [0.05, 0.1) is 11.6 Å². The predicted octanol–water partition coefficient (Wildman–Crippen LogP) is 1.98. The van der Waals surface area contributed by atoms with Crippen LogP contribution in [0.1, 0.15) is 11.5 Å². The van der Waals surface area contributed by atoms with E-state index in [4.69, 9.17) is 0 Å². The number of aromatic nitrogens is 5. The zero-order valence-corrected chi connectivity index (χ0v) is 12.0. The van der Waals surface area contributed by atoms with Gasteiger partial charge in [-0.15, -0.1) is 10.2 Å². The third-order valence-electron chi connectivity index (χ3n) is 3.28. The summed E-state index contributed by atoms with van der Waals surface area (Å²) < 4.78 is 3.28. The molecule has 3 aromatic rings. The van der Waals surface area contributed by atoms with Gasteiger partial charge in [0.2, 0.25) is 5.16 Å². The molecule has 0 bridgehead atoms. The molecule has 21 heavy (non-hydrogen) atoms. The van der Waals surface area contributed by atoms with Crippen molar-refractivity contribution in [2.75, 3.05) is 6.26 Å². The molecule has 4 rings (SSSR count). The molecule has 3 heterocycles. The van der Waals surface area contributed by atoms with E-state index in [9.17, 15) is 0 Å². The Morgan fingerprint density at radius 2 is 2.19 bits per heavy atom. The van der Waals surface area contributed by atoms with Crippen molar-refractivity contribution in [3.8, 4) is 0 Å². The number of thioether (sulfide) groups is 1. The summed E-state index contributed by atoms with van der Waals surface area (Å²) in [7, 11) is 0. The highest BCUT2D eigenvalue weighted by molar-refractivity contribution is 7.98. The summed E-state index contributed by atoms with van der Waals surface area (Å²) in [5.74, 6) is 0.672. The second-order valence-corrected chi connectivity index (χ2v) is 5.27. The predicted molar refractivity (Wildman–Crippen MR) is 81.8 cm³/mol. The van der Waals surface area contributed by atoms with Crippen molar-refractivity contribution >= 4 is 35.7 Å². The van der Waals surface area contributed by atoms with Crippen molar-refractivity contribution in [3.05, 3.63) is 36.2 Å². The summed E-state index contributed by atoms with van der Waals surface area (Å²) in [4.78, 5) is 4.38. The maximum Gasteiger partial charge on any atom is 0.275 e. The fraction of sp³-hybridized carbons (Fsp3) is 0.154. The minimum absolute atomic E-state index is 0.0755. The Morgan fingerprint density at radius 3 is 3.10 bits per heavy atom. The molecule has 1 aliphatic rings. The van der Waals surface area contributed by atoms with Gasteiger partial charge in [-0.3, -0.25) is 4.99 Å². The van der Waals surface area contributed by atoms with Gasteiger partial charge in [0.25, 0.3) is 5.78 Å². The van der Waals surface area contributed by atoms with Crippen LogP contribution in [0.3, 0.4) is 0 Å². The molecule has 1 atom stereocenters. The highest BCUT2D eigenvalue weighted by Crippen LogP contribution is 2.30. The lowest BCUT2D eigenvalue weighted by Crippen LogP contribution is -1.99. The monoisotopic (exact) mass is 297 g/mol. The van der Waals surface area contributed by atoms with Crippen LogP contribution in [0.2, 0.25) is 0 Å². The number of para-hydroxylation sites is 1. The Balaban J connectivity index is 1.66. The number of hydrogen-bond acceptors (Lipinski definition) is 6. The Kier molecular flexibility index (Phi) is 2.81. The highest BCUT2D eigenvalue weighted by Gasteiger charge is 2.16. The van der Waals surface area contributed by atoms with Crippen LogP contribution < -0.4 is 0 Å². The van der Waals surface area contributed by atoms with Gasteiger partial charge in [0.1, 0.15) is 6.33 Å². The Morgan fingerprint density at radius 1 is 1.29 bits per heavy atom. The first-order chi connectivity index (χ1) is 10.4. The summed E-state index contributed by atoms with van der Waals surface area (Å²) in [6, 6.07) is 8.05. The van der Waals surface area contributed by atoms with E-state index in [-0.39, 0.29) is 5.92 Å². The summed E-state index contributed by atoms with van der Waals surface area (Å²) in [6.45, 7) is 0. The first-order valence-corrected chi connectivity index (χ1v) is 7.59. The largest absolute Gasteiger partial charge is 0.275 e. The number of hydrogen-bond donors (Lipinski definition) is 0. The third kappa shape index (κ3) is 1.95. The van der Waals surface area contributed by atoms with Crippen LogP contribution in [0.25, 0.3) is 5.78 Å². The molecule has 2 aromatic heterocycles. The number of fused-ring (bicyclic) bond motifs is 2. The van der Waals surface area contributed by atoms with Gasteiger partial charge in [0.15, 0.2) is 0 Å². The standard InChI is InChI=1S/C13H11N7S/c1-21-13-18-17-12-19(8-16-20(12)13)15-7-9-6-14-11-5-3-2-4-10(9)11/h2-9H,1H3. The molecule has 0 fully saturated rings. The van der Waals surface area contributed by atoms with Crippen LogP contribution in [-0.2, 0) is 0 Å². The molecule has 1 aliphatic heterocycles. The molecule has 7 nitrogen and oxygen atoms in total. The smallest absolute Gasteiger partial charge is 0.260 e. The number of nitrogens with zero attached hydrogens (tertiary/aromatic N) is 7. The molecule has 0 aliphatic carbocycles.